The van der Waals surface area contributed by atoms with Crippen molar-refractivity contribution in [2.24, 2.45) is 5.92 Å². The number of sulfone groups is 1. The molecular formula is C18H28N2O3S. The zero-order chi connectivity index (χ0) is 18.0. The molecule has 1 fully saturated rings. The minimum Gasteiger partial charge on any atom is -0.372 e. The van der Waals surface area contributed by atoms with Crippen molar-refractivity contribution < 1.29 is 13.2 Å². The zero-order valence-electron chi connectivity index (χ0n) is 15.0. The molecule has 2 rings (SSSR count). The first-order valence-electron chi connectivity index (χ1n) is 8.39. The van der Waals surface area contributed by atoms with Gasteiger partial charge in [-0.25, -0.2) is 8.42 Å². The van der Waals surface area contributed by atoms with Crippen LogP contribution in [0.3, 0.4) is 0 Å². The van der Waals surface area contributed by atoms with Gasteiger partial charge in [0.2, 0.25) is 5.91 Å². The van der Waals surface area contributed by atoms with Crippen molar-refractivity contribution in [1.82, 2.24) is 4.90 Å². The van der Waals surface area contributed by atoms with E-state index in [1.165, 1.54) is 11.8 Å². The molecule has 1 aliphatic heterocycles. The number of hydrogen-bond acceptors (Lipinski definition) is 4. The lowest BCUT2D eigenvalue weighted by Crippen LogP contribution is -2.53. The van der Waals surface area contributed by atoms with Gasteiger partial charge >= 0.3 is 0 Å². The number of anilines is 1. The topological polar surface area (TPSA) is 66.5 Å². The van der Waals surface area contributed by atoms with Gasteiger partial charge in [-0.1, -0.05) is 17.7 Å². The van der Waals surface area contributed by atoms with Crippen LogP contribution in [0.1, 0.15) is 32.3 Å². The second-order valence-electron chi connectivity index (χ2n) is 7.47. The summed E-state index contributed by atoms with van der Waals surface area (Å²) < 4.78 is 23.1. The second-order valence-corrected chi connectivity index (χ2v) is 9.65. The van der Waals surface area contributed by atoms with E-state index in [2.05, 4.69) is 5.32 Å². The fraction of sp³-hybridized carbons (Fsp3) is 0.611. The highest BCUT2D eigenvalue weighted by atomic mass is 32.2. The summed E-state index contributed by atoms with van der Waals surface area (Å²) in [5, 5.41) is 3.30. The molecule has 0 radical (unpaired) electrons. The molecule has 1 saturated heterocycles. The van der Waals surface area contributed by atoms with Crippen molar-refractivity contribution in [2.45, 2.75) is 39.2 Å². The van der Waals surface area contributed by atoms with Crippen LogP contribution in [-0.2, 0) is 14.6 Å². The maximum Gasteiger partial charge on any atom is 0.247 e. The predicted octanol–water partition coefficient (Wildman–Crippen LogP) is 2.47. The van der Waals surface area contributed by atoms with Crippen LogP contribution in [0.2, 0.25) is 0 Å². The number of carbonyl (C=O) groups excluding carboxylic acids is 1. The first kappa shape index (κ1) is 18.8. The highest BCUT2D eigenvalue weighted by Crippen LogP contribution is 2.23. The summed E-state index contributed by atoms with van der Waals surface area (Å²) in [6, 6.07) is 7.94. The number of likely N-dealkylation sites (tertiary alicyclic amines) is 1. The Morgan fingerprint density at radius 2 is 1.92 bits per heavy atom. The number of amides is 1. The van der Waals surface area contributed by atoms with Crippen molar-refractivity contribution >= 4 is 21.4 Å². The molecule has 0 bridgehead atoms. The molecule has 1 heterocycles. The number of piperidine rings is 1. The average Bonchev–Trinajstić information content (AvgIpc) is 2.47. The summed E-state index contributed by atoms with van der Waals surface area (Å²) in [5.41, 5.74) is 1.34. The summed E-state index contributed by atoms with van der Waals surface area (Å²) in [5.74, 6) is 0.205. The van der Waals surface area contributed by atoms with Gasteiger partial charge in [-0.05, 0) is 51.7 Å². The first-order chi connectivity index (χ1) is 11.1. The molecule has 5 nitrogen and oxygen atoms in total. The molecule has 0 spiro atoms. The van der Waals surface area contributed by atoms with Crippen molar-refractivity contribution in [3.63, 3.8) is 0 Å². The van der Waals surface area contributed by atoms with E-state index < -0.39 is 15.4 Å². The predicted molar refractivity (Wildman–Crippen MR) is 97.9 cm³/mol. The van der Waals surface area contributed by atoms with Crippen LogP contribution in [0, 0.1) is 12.8 Å². The smallest absolute Gasteiger partial charge is 0.247 e. The number of hydrogen-bond donors (Lipinski definition) is 1. The quantitative estimate of drug-likeness (QED) is 0.884. The monoisotopic (exact) mass is 352 g/mol. The third-order valence-corrected chi connectivity index (χ3v) is 5.46. The van der Waals surface area contributed by atoms with E-state index in [9.17, 15) is 13.2 Å². The van der Waals surface area contributed by atoms with Gasteiger partial charge in [0, 0.05) is 25.0 Å². The molecule has 1 amide bonds. The summed E-state index contributed by atoms with van der Waals surface area (Å²) >= 11 is 0. The maximum absolute atomic E-state index is 12.9. The highest BCUT2D eigenvalue weighted by Gasteiger charge is 2.35. The Morgan fingerprint density at radius 1 is 1.29 bits per heavy atom. The molecule has 1 aliphatic rings. The minimum absolute atomic E-state index is 0.0151. The molecule has 0 saturated carbocycles. The van der Waals surface area contributed by atoms with Crippen molar-refractivity contribution in [3.05, 3.63) is 29.8 Å². The highest BCUT2D eigenvalue weighted by molar-refractivity contribution is 7.90. The molecule has 1 unspecified atom stereocenters. The standard InChI is InChI=1S/C18H28N2O3S/c1-14-7-9-16(10-8-14)19-18(2,3)17(21)20-11-5-6-15(12-20)13-24(4,22)23/h7-10,15,19H,5-6,11-13H2,1-4H3. The number of carbonyl (C=O) groups is 1. The molecule has 1 aromatic rings. The Morgan fingerprint density at radius 3 is 2.50 bits per heavy atom. The van der Waals surface area contributed by atoms with Crippen LogP contribution >= 0.6 is 0 Å². The Hall–Kier alpha value is -1.56. The van der Waals surface area contributed by atoms with E-state index in [1.54, 1.807) is 4.90 Å². The van der Waals surface area contributed by atoms with E-state index in [0.29, 0.717) is 13.1 Å². The van der Waals surface area contributed by atoms with Gasteiger partial charge in [0.25, 0.3) is 0 Å². The van der Waals surface area contributed by atoms with Crippen LogP contribution in [-0.4, -0.2) is 49.9 Å². The normalized spacial score (nSPS) is 19.2. The molecule has 1 atom stereocenters. The van der Waals surface area contributed by atoms with Crippen LogP contribution in [0.4, 0.5) is 5.69 Å². The zero-order valence-corrected chi connectivity index (χ0v) is 15.8. The third kappa shape index (κ3) is 5.23. The van der Waals surface area contributed by atoms with E-state index >= 15 is 0 Å². The van der Waals surface area contributed by atoms with Crippen molar-refractivity contribution in [1.29, 1.82) is 0 Å². The van der Waals surface area contributed by atoms with Crippen LogP contribution in [0.25, 0.3) is 0 Å². The number of nitrogens with zero attached hydrogens (tertiary/aromatic N) is 1. The van der Waals surface area contributed by atoms with E-state index in [1.807, 2.05) is 45.0 Å². The molecule has 0 aromatic heterocycles. The third-order valence-electron chi connectivity index (χ3n) is 4.39. The second kappa shape index (κ2) is 7.13. The molecule has 24 heavy (non-hydrogen) atoms. The number of rotatable bonds is 5. The molecule has 6 heteroatoms. The van der Waals surface area contributed by atoms with Gasteiger partial charge in [-0.3, -0.25) is 4.79 Å². The Balaban J connectivity index is 2.04. The van der Waals surface area contributed by atoms with Gasteiger partial charge in [0.15, 0.2) is 0 Å². The van der Waals surface area contributed by atoms with Gasteiger partial charge in [0.05, 0.1) is 5.75 Å². The first-order valence-corrected chi connectivity index (χ1v) is 10.4. The lowest BCUT2D eigenvalue weighted by Gasteiger charge is -2.38. The van der Waals surface area contributed by atoms with Gasteiger partial charge in [-0.15, -0.1) is 0 Å². The van der Waals surface area contributed by atoms with E-state index in [4.69, 9.17) is 0 Å². The minimum atomic E-state index is -3.01. The van der Waals surface area contributed by atoms with Gasteiger partial charge < -0.3 is 10.2 Å². The fourth-order valence-corrected chi connectivity index (χ4v) is 4.39. The average molecular weight is 353 g/mol. The summed E-state index contributed by atoms with van der Waals surface area (Å²) in [7, 11) is -3.01. The van der Waals surface area contributed by atoms with Gasteiger partial charge in [0.1, 0.15) is 15.4 Å². The summed E-state index contributed by atoms with van der Waals surface area (Å²) in [6.45, 7) is 6.98. The van der Waals surface area contributed by atoms with Crippen LogP contribution in [0.15, 0.2) is 24.3 Å². The molecule has 0 aliphatic carbocycles. The van der Waals surface area contributed by atoms with Gasteiger partial charge in [-0.2, -0.15) is 0 Å². The number of benzene rings is 1. The van der Waals surface area contributed by atoms with E-state index in [-0.39, 0.29) is 17.6 Å². The molecule has 1 aromatic carbocycles. The Labute approximate surface area is 145 Å². The van der Waals surface area contributed by atoms with Crippen LogP contribution < -0.4 is 5.32 Å². The van der Waals surface area contributed by atoms with E-state index in [0.717, 1.165) is 18.5 Å². The fourth-order valence-electron chi connectivity index (χ4n) is 3.26. The number of nitrogens with one attached hydrogen (secondary N) is 1. The molecular weight excluding hydrogens is 324 g/mol. The Bertz CT molecular complexity index is 681. The summed E-state index contributed by atoms with van der Waals surface area (Å²) in [4.78, 5) is 14.7. The lowest BCUT2D eigenvalue weighted by molar-refractivity contribution is -0.136. The number of aryl methyl sites for hydroxylation is 1. The largest absolute Gasteiger partial charge is 0.372 e. The Kier molecular flexibility index (Phi) is 5.58. The molecule has 134 valence electrons. The van der Waals surface area contributed by atoms with Crippen molar-refractivity contribution in [3.8, 4) is 0 Å². The lowest BCUT2D eigenvalue weighted by atomic mass is 9.96. The molecule has 1 N–H and O–H groups in total. The SMILES string of the molecule is Cc1ccc(NC(C)(C)C(=O)N2CCCC(CS(C)(=O)=O)C2)cc1. The summed E-state index contributed by atoms with van der Waals surface area (Å²) in [6.07, 6.45) is 2.98. The maximum atomic E-state index is 12.9. The van der Waals surface area contributed by atoms with Crippen molar-refractivity contribution in [2.75, 3.05) is 30.4 Å². The van der Waals surface area contributed by atoms with Crippen LogP contribution in [0.5, 0.6) is 0 Å².